The molecule has 2 aromatic carbocycles. The van der Waals surface area contributed by atoms with E-state index in [1.54, 1.807) is 12.1 Å². The van der Waals surface area contributed by atoms with Gasteiger partial charge in [-0.1, -0.05) is 46.3 Å². The van der Waals surface area contributed by atoms with Crippen LogP contribution in [0.2, 0.25) is 0 Å². The normalized spacial score (nSPS) is 23.3. The second-order valence-electron chi connectivity index (χ2n) is 9.61. The summed E-state index contributed by atoms with van der Waals surface area (Å²) < 4.78 is 39.7. The fourth-order valence-electron chi connectivity index (χ4n) is 5.12. The smallest absolute Gasteiger partial charge is 0.410 e. The van der Waals surface area contributed by atoms with Crippen molar-refractivity contribution in [2.24, 2.45) is 0 Å². The predicted molar refractivity (Wildman–Crippen MR) is 136 cm³/mol. The van der Waals surface area contributed by atoms with Crippen molar-refractivity contribution in [2.45, 2.75) is 35.7 Å². The van der Waals surface area contributed by atoms with Crippen molar-refractivity contribution < 1.29 is 37.4 Å². The number of likely N-dealkylation sites (tertiary alicyclic amines) is 1. The van der Waals surface area contributed by atoms with E-state index in [0.717, 1.165) is 14.8 Å². The van der Waals surface area contributed by atoms with E-state index < -0.39 is 52.4 Å². The number of rotatable bonds is 5. The molecule has 2 aromatic rings. The van der Waals surface area contributed by atoms with Gasteiger partial charge in [0.2, 0.25) is 15.9 Å². The molecule has 1 unspecified atom stereocenters. The van der Waals surface area contributed by atoms with Gasteiger partial charge in [-0.3, -0.25) is 9.69 Å². The van der Waals surface area contributed by atoms with Crippen LogP contribution in [0.15, 0.2) is 64.0 Å². The number of amides is 2. The van der Waals surface area contributed by atoms with Crippen LogP contribution in [-0.4, -0.2) is 89.6 Å². The van der Waals surface area contributed by atoms with Gasteiger partial charge >= 0.3 is 12.1 Å². The van der Waals surface area contributed by atoms with Crippen molar-refractivity contribution in [3.8, 4) is 0 Å². The van der Waals surface area contributed by atoms with Gasteiger partial charge in [-0.25, -0.2) is 18.0 Å². The summed E-state index contributed by atoms with van der Waals surface area (Å²) in [6, 6.07) is 15.1. The van der Waals surface area contributed by atoms with Gasteiger partial charge in [0, 0.05) is 17.6 Å². The van der Waals surface area contributed by atoms with E-state index in [1.807, 2.05) is 30.3 Å². The van der Waals surface area contributed by atoms with Crippen LogP contribution < -0.4 is 0 Å². The van der Waals surface area contributed by atoms with E-state index >= 15 is 0 Å². The van der Waals surface area contributed by atoms with Gasteiger partial charge in [0.15, 0.2) is 0 Å². The van der Waals surface area contributed by atoms with Gasteiger partial charge in [0.05, 0.1) is 30.1 Å². The number of carbonyl (C=O) groups excluding carboxylic acids is 2. The second kappa shape index (κ2) is 9.95. The molecule has 0 saturated carbocycles. The third-order valence-electron chi connectivity index (χ3n) is 7.19. The average Bonchev–Trinajstić information content (AvgIpc) is 3.24. The molecule has 0 aromatic heterocycles. The van der Waals surface area contributed by atoms with Crippen LogP contribution in [0.5, 0.6) is 0 Å². The Morgan fingerprint density at radius 1 is 1.03 bits per heavy atom. The fourth-order valence-corrected chi connectivity index (χ4v) is 6.79. The van der Waals surface area contributed by atoms with Crippen LogP contribution in [0.4, 0.5) is 4.79 Å². The van der Waals surface area contributed by atoms with Crippen LogP contribution in [0.1, 0.15) is 18.4 Å². The Labute approximate surface area is 228 Å². The molecule has 1 atom stereocenters. The highest BCUT2D eigenvalue weighted by Gasteiger charge is 2.65. The molecule has 1 spiro atoms. The number of aliphatic carboxylic acids is 1. The molecule has 3 heterocycles. The molecule has 5 rings (SSSR count). The second-order valence-corrected chi connectivity index (χ2v) is 12.5. The maximum atomic E-state index is 13.3. The Hall–Kier alpha value is -3.00. The minimum atomic E-state index is -4.16. The number of carbonyl (C=O) groups is 3. The third kappa shape index (κ3) is 4.79. The number of sulfonamides is 1. The first-order valence-electron chi connectivity index (χ1n) is 12.0. The first kappa shape index (κ1) is 26.6. The molecule has 3 saturated heterocycles. The molecule has 202 valence electrons. The van der Waals surface area contributed by atoms with Crippen molar-refractivity contribution in [1.82, 2.24) is 14.1 Å². The third-order valence-corrected chi connectivity index (χ3v) is 9.53. The van der Waals surface area contributed by atoms with E-state index in [0.29, 0.717) is 4.47 Å². The summed E-state index contributed by atoms with van der Waals surface area (Å²) in [4.78, 5) is 40.9. The monoisotopic (exact) mass is 607 g/mol. The summed E-state index contributed by atoms with van der Waals surface area (Å²) >= 11 is 3.26. The van der Waals surface area contributed by atoms with Gasteiger partial charge in [0.1, 0.15) is 6.61 Å². The minimum Gasteiger partial charge on any atom is -0.478 e. The van der Waals surface area contributed by atoms with Gasteiger partial charge in [-0.2, -0.15) is 4.31 Å². The summed E-state index contributed by atoms with van der Waals surface area (Å²) in [6.45, 7) is -0.428. The summed E-state index contributed by atoms with van der Waals surface area (Å²) in [6.07, 6.45) is 0.0486. The molecule has 11 nitrogen and oxygen atoms in total. The topological polar surface area (TPSA) is 134 Å². The highest BCUT2D eigenvalue weighted by molar-refractivity contribution is 9.10. The minimum absolute atomic E-state index is 0.00277. The summed E-state index contributed by atoms with van der Waals surface area (Å²) in [5, 5.41) is 10.2. The van der Waals surface area contributed by atoms with Crippen molar-refractivity contribution in [2.75, 3.05) is 32.7 Å². The zero-order valence-corrected chi connectivity index (χ0v) is 22.7. The highest BCUT2D eigenvalue weighted by atomic mass is 79.9. The standard InChI is InChI=1S/C25H26BrN3O8S/c26-19-6-8-20(9-7-19)38(34,35)28-14-21(30)29-16-24(37-25(29,17-28)22(31)32)10-12-27(13-11-24)23(33)36-15-18-4-2-1-3-5-18/h1-9H,10-17H2,(H,31,32). The number of hydrogen-bond donors (Lipinski definition) is 1. The lowest BCUT2D eigenvalue weighted by molar-refractivity contribution is -0.204. The van der Waals surface area contributed by atoms with Crippen molar-refractivity contribution in [3.05, 3.63) is 64.6 Å². The first-order chi connectivity index (χ1) is 18.0. The van der Waals surface area contributed by atoms with E-state index in [-0.39, 0.29) is 44.0 Å². The van der Waals surface area contributed by atoms with Gasteiger partial charge < -0.3 is 19.5 Å². The lowest BCUT2D eigenvalue weighted by Gasteiger charge is -2.42. The number of fused-ring (bicyclic) bond motifs is 1. The lowest BCUT2D eigenvalue weighted by atomic mass is 9.91. The van der Waals surface area contributed by atoms with Crippen LogP contribution >= 0.6 is 15.9 Å². The van der Waals surface area contributed by atoms with Gasteiger partial charge in [-0.15, -0.1) is 0 Å². The Kier molecular flexibility index (Phi) is 6.97. The van der Waals surface area contributed by atoms with E-state index in [9.17, 15) is 27.9 Å². The molecule has 38 heavy (non-hydrogen) atoms. The van der Waals surface area contributed by atoms with Crippen LogP contribution in [0.3, 0.4) is 0 Å². The van der Waals surface area contributed by atoms with Crippen LogP contribution in [-0.2, 0) is 35.7 Å². The molecule has 3 aliphatic rings. The number of carboxylic acids is 1. The predicted octanol–water partition coefficient (Wildman–Crippen LogP) is 2.26. The molecule has 3 fully saturated rings. The fraction of sp³-hybridized carbons (Fsp3) is 0.400. The first-order valence-corrected chi connectivity index (χ1v) is 14.2. The molecule has 0 radical (unpaired) electrons. The number of carboxylic acid groups (broad SMARTS) is 1. The Balaban J connectivity index is 1.30. The maximum absolute atomic E-state index is 13.3. The highest BCUT2D eigenvalue weighted by Crippen LogP contribution is 2.44. The van der Waals surface area contributed by atoms with Crippen molar-refractivity contribution in [1.29, 1.82) is 0 Å². The van der Waals surface area contributed by atoms with E-state index in [1.165, 1.54) is 17.0 Å². The largest absolute Gasteiger partial charge is 0.478 e. The van der Waals surface area contributed by atoms with Crippen molar-refractivity contribution >= 4 is 43.9 Å². The van der Waals surface area contributed by atoms with Crippen molar-refractivity contribution in [3.63, 3.8) is 0 Å². The molecular formula is C25H26BrN3O8S. The average molecular weight is 608 g/mol. The lowest BCUT2D eigenvalue weighted by Crippen LogP contribution is -2.67. The van der Waals surface area contributed by atoms with Gasteiger partial charge in [0.25, 0.3) is 5.72 Å². The molecule has 2 amide bonds. The number of ether oxygens (including phenoxy) is 2. The quantitative estimate of drug-likeness (QED) is 0.547. The Morgan fingerprint density at radius 3 is 2.32 bits per heavy atom. The molecule has 1 N–H and O–H groups in total. The zero-order chi connectivity index (χ0) is 27.1. The van der Waals surface area contributed by atoms with E-state index in [4.69, 9.17) is 9.47 Å². The summed E-state index contributed by atoms with van der Waals surface area (Å²) in [5.41, 5.74) is -2.33. The summed E-state index contributed by atoms with van der Waals surface area (Å²) in [7, 11) is -4.16. The molecule has 0 aliphatic carbocycles. The molecular weight excluding hydrogens is 582 g/mol. The Bertz CT molecular complexity index is 1350. The number of halogens is 1. The number of piperazine rings is 1. The number of piperidine rings is 1. The number of benzene rings is 2. The van der Waals surface area contributed by atoms with Crippen LogP contribution in [0.25, 0.3) is 0 Å². The maximum Gasteiger partial charge on any atom is 0.410 e. The zero-order valence-electron chi connectivity index (χ0n) is 20.3. The number of hydrogen-bond acceptors (Lipinski definition) is 7. The van der Waals surface area contributed by atoms with E-state index in [2.05, 4.69) is 15.9 Å². The number of nitrogens with zero attached hydrogens (tertiary/aromatic N) is 3. The SMILES string of the molecule is O=C(OCc1ccccc1)N1CCC2(CC1)CN1C(=O)CN(S(=O)(=O)c3ccc(Br)cc3)CC1(C(=O)O)O2. The molecule has 13 heteroatoms. The Morgan fingerprint density at radius 2 is 1.68 bits per heavy atom. The molecule has 3 aliphatic heterocycles. The van der Waals surface area contributed by atoms with Crippen LogP contribution in [0, 0.1) is 0 Å². The molecule has 0 bridgehead atoms. The summed E-state index contributed by atoms with van der Waals surface area (Å²) in [5.74, 6) is -2.09. The van der Waals surface area contributed by atoms with Gasteiger partial charge in [-0.05, 0) is 42.7 Å².